The maximum atomic E-state index is 13.8. The number of carbonyl (C=O) groups excluding carboxylic acids is 1. The molecular weight excluding hydrogens is 329 g/mol. The first-order valence-corrected chi connectivity index (χ1v) is 7.12. The van der Waals surface area contributed by atoms with Gasteiger partial charge in [-0.1, -0.05) is 23.7 Å². The van der Waals surface area contributed by atoms with E-state index in [9.17, 15) is 18.0 Å². The summed E-state index contributed by atoms with van der Waals surface area (Å²) in [6.45, 7) is 0.554. The van der Waals surface area contributed by atoms with E-state index in [0.717, 1.165) is 12.1 Å². The molecule has 0 saturated carbocycles. The largest absolute Gasteiger partial charge is 0.291 e. The van der Waals surface area contributed by atoms with Crippen molar-refractivity contribution in [1.29, 1.82) is 0 Å². The van der Waals surface area contributed by atoms with Gasteiger partial charge in [0.2, 0.25) is 0 Å². The van der Waals surface area contributed by atoms with E-state index in [0.29, 0.717) is 23.0 Å². The Labute approximate surface area is 135 Å². The van der Waals surface area contributed by atoms with Crippen molar-refractivity contribution in [3.63, 3.8) is 0 Å². The third kappa shape index (κ3) is 2.82. The first kappa shape index (κ1) is 15.6. The molecule has 0 atom stereocenters. The smallest absolute Gasteiger partial charge is 0.262 e. The number of amidine groups is 1. The zero-order valence-corrected chi connectivity index (χ0v) is 12.4. The standard InChI is InChI=1S/C16H10ClF3N2O/c17-10-3-1-2-9(8-10)15-21-6-7-22(15)16(23)11-4-5-12(18)14(20)13(11)19/h1-5,8H,6-7H2. The molecule has 118 valence electrons. The minimum Gasteiger partial charge on any atom is -0.291 e. The van der Waals surface area contributed by atoms with Gasteiger partial charge in [-0.25, -0.2) is 13.2 Å². The Hall–Kier alpha value is -2.34. The summed E-state index contributed by atoms with van der Waals surface area (Å²) in [6, 6.07) is 8.33. The molecule has 1 aliphatic heterocycles. The Kier molecular flexibility index (Phi) is 4.09. The molecule has 0 aromatic heterocycles. The van der Waals surface area contributed by atoms with Crippen molar-refractivity contribution in [2.45, 2.75) is 0 Å². The molecule has 0 saturated heterocycles. The minimum atomic E-state index is -1.67. The summed E-state index contributed by atoms with van der Waals surface area (Å²) < 4.78 is 40.2. The molecule has 0 unspecified atom stereocenters. The van der Waals surface area contributed by atoms with Gasteiger partial charge in [-0.2, -0.15) is 0 Å². The lowest BCUT2D eigenvalue weighted by Gasteiger charge is -2.19. The molecule has 2 aromatic rings. The Bertz CT molecular complexity index is 823. The van der Waals surface area contributed by atoms with E-state index in [4.69, 9.17) is 11.6 Å². The molecule has 0 aliphatic carbocycles. The fourth-order valence-electron chi connectivity index (χ4n) is 2.36. The van der Waals surface area contributed by atoms with E-state index >= 15 is 0 Å². The van der Waals surface area contributed by atoms with Crippen LogP contribution in [0.4, 0.5) is 13.2 Å². The first-order chi connectivity index (χ1) is 11.0. The average Bonchev–Trinajstić information content (AvgIpc) is 3.02. The van der Waals surface area contributed by atoms with Crippen molar-refractivity contribution >= 4 is 23.3 Å². The Morgan fingerprint density at radius 2 is 1.91 bits per heavy atom. The van der Waals surface area contributed by atoms with Crippen LogP contribution in [-0.2, 0) is 0 Å². The molecule has 0 N–H and O–H groups in total. The number of carbonyl (C=O) groups is 1. The number of hydrogen-bond donors (Lipinski definition) is 0. The lowest BCUT2D eigenvalue weighted by Crippen LogP contribution is -2.35. The molecule has 0 fully saturated rings. The number of rotatable bonds is 2. The summed E-state index contributed by atoms with van der Waals surface area (Å²) in [5.41, 5.74) is 0.0480. The molecule has 3 nitrogen and oxygen atoms in total. The van der Waals surface area contributed by atoms with Crippen LogP contribution in [-0.4, -0.2) is 29.7 Å². The molecule has 1 heterocycles. The average molecular weight is 339 g/mol. The van der Waals surface area contributed by atoms with Crippen molar-refractivity contribution in [3.8, 4) is 0 Å². The second kappa shape index (κ2) is 6.04. The highest BCUT2D eigenvalue weighted by molar-refractivity contribution is 6.31. The zero-order valence-electron chi connectivity index (χ0n) is 11.7. The molecule has 7 heteroatoms. The number of nitrogens with zero attached hydrogens (tertiary/aromatic N) is 2. The van der Waals surface area contributed by atoms with Gasteiger partial charge in [0.1, 0.15) is 5.84 Å². The molecule has 23 heavy (non-hydrogen) atoms. The first-order valence-electron chi connectivity index (χ1n) is 6.75. The van der Waals surface area contributed by atoms with Crippen molar-refractivity contribution in [2.75, 3.05) is 13.1 Å². The summed E-state index contributed by atoms with van der Waals surface area (Å²) >= 11 is 5.92. The highest BCUT2D eigenvalue weighted by Crippen LogP contribution is 2.21. The van der Waals surface area contributed by atoms with Gasteiger partial charge in [0.05, 0.1) is 12.1 Å². The molecule has 0 radical (unpaired) electrons. The van der Waals surface area contributed by atoms with Crippen LogP contribution in [0.1, 0.15) is 15.9 Å². The quantitative estimate of drug-likeness (QED) is 0.769. The summed E-state index contributed by atoms with van der Waals surface area (Å²) in [4.78, 5) is 17.9. The van der Waals surface area contributed by atoms with Gasteiger partial charge in [0, 0.05) is 17.1 Å². The summed E-state index contributed by atoms with van der Waals surface area (Å²) in [6.07, 6.45) is 0. The van der Waals surface area contributed by atoms with E-state index in [1.54, 1.807) is 24.3 Å². The highest BCUT2D eigenvalue weighted by Gasteiger charge is 2.29. The van der Waals surface area contributed by atoms with Gasteiger partial charge in [-0.15, -0.1) is 0 Å². The van der Waals surface area contributed by atoms with Crippen LogP contribution in [0.15, 0.2) is 41.4 Å². The van der Waals surface area contributed by atoms with Crippen LogP contribution in [0, 0.1) is 17.5 Å². The van der Waals surface area contributed by atoms with Crippen LogP contribution < -0.4 is 0 Å². The Morgan fingerprint density at radius 1 is 1.13 bits per heavy atom. The molecule has 3 rings (SSSR count). The molecule has 0 spiro atoms. The van der Waals surface area contributed by atoms with Crippen LogP contribution in [0.25, 0.3) is 0 Å². The van der Waals surface area contributed by atoms with E-state index in [2.05, 4.69) is 4.99 Å². The van der Waals surface area contributed by atoms with Gasteiger partial charge in [0.15, 0.2) is 17.5 Å². The number of aliphatic imine (C=N–C) groups is 1. The molecule has 2 aromatic carbocycles. The van der Waals surface area contributed by atoms with E-state index in [1.807, 2.05) is 0 Å². The van der Waals surface area contributed by atoms with Crippen LogP contribution in [0.3, 0.4) is 0 Å². The second-order valence-corrected chi connectivity index (χ2v) is 5.33. The molecular formula is C16H10ClF3N2O. The summed E-state index contributed by atoms with van der Waals surface area (Å²) in [5.74, 6) is -4.98. The lowest BCUT2D eigenvalue weighted by atomic mass is 10.1. The lowest BCUT2D eigenvalue weighted by molar-refractivity contribution is 0.0852. The van der Waals surface area contributed by atoms with E-state index < -0.39 is 28.9 Å². The third-order valence-corrected chi connectivity index (χ3v) is 3.67. The Balaban J connectivity index is 1.97. The third-order valence-electron chi connectivity index (χ3n) is 3.43. The Morgan fingerprint density at radius 3 is 2.65 bits per heavy atom. The van der Waals surface area contributed by atoms with Gasteiger partial charge >= 0.3 is 0 Å². The molecule has 1 amide bonds. The maximum Gasteiger partial charge on any atom is 0.262 e. The summed E-state index contributed by atoms with van der Waals surface area (Å²) in [5, 5.41) is 0.462. The number of halogens is 4. The second-order valence-electron chi connectivity index (χ2n) is 4.90. The monoisotopic (exact) mass is 338 g/mol. The van der Waals surface area contributed by atoms with Gasteiger partial charge in [0.25, 0.3) is 5.91 Å². The normalized spacial score (nSPS) is 14.1. The van der Waals surface area contributed by atoms with Crippen molar-refractivity contribution in [3.05, 3.63) is 70.0 Å². The molecule has 0 bridgehead atoms. The number of hydrogen-bond acceptors (Lipinski definition) is 2. The zero-order chi connectivity index (χ0) is 16.6. The number of amides is 1. The van der Waals surface area contributed by atoms with Crippen molar-refractivity contribution in [1.82, 2.24) is 4.90 Å². The number of benzene rings is 2. The summed E-state index contributed by atoms with van der Waals surface area (Å²) in [7, 11) is 0. The predicted molar refractivity (Wildman–Crippen MR) is 80.2 cm³/mol. The van der Waals surface area contributed by atoms with Crippen LogP contribution >= 0.6 is 11.6 Å². The predicted octanol–water partition coefficient (Wildman–Crippen LogP) is 3.66. The van der Waals surface area contributed by atoms with Gasteiger partial charge in [-0.3, -0.25) is 14.7 Å². The highest BCUT2D eigenvalue weighted by atomic mass is 35.5. The van der Waals surface area contributed by atoms with Gasteiger partial charge in [-0.05, 0) is 24.3 Å². The fraction of sp³-hybridized carbons (Fsp3) is 0.125. The van der Waals surface area contributed by atoms with Crippen LogP contribution in [0.2, 0.25) is 5.02 Å². The van der Waals surface area contributed by atoms with Gasteiger partial charge < -0.3 is 0 Å². The van der Waals surface area contributed by atoms with Crippen molar-refractivity contribution < 1.29 is 18.0 Å². The van der Waals surface area contributed by atoms with Crippen molar-refractivity contribution in [2.24, 2.45) is 4.99 Å². The topological polar surface area (TPSA) is 32.7 Å². The van der Waals surface area contributed by atoms with E-state index in [1.165, 1.54) is 4.90 Å². The minimum absolute atomic E-state index is 0.221. The van der Waals surface area contributed by atoms with E-state index in [-0.39, 0.29) is 6.54 Å². The van der Waals surface area contributed by atoms with Crippen LogP contribution in [0.5, 0.6) is 0 Å². The SMILES string of the molecule is O=C(c1ccc(F)c(F)c1F)N1CCN=C1c1cccc(Cl)c1. The molecule has 1 aliphatic rings. The maximum absolute atomic E-state index is 13.8. The fourth-order valence-corrected chi connectivity index (χ4v) is 2.55.